The van der Waals surface area contributed by atoms with Crippen molar-refractivity contribution in [1.29, 1.82) is 0 Å². The number of ether oxygens (including phenoxy) is 2. The summed E-state index contributed by atoms with van der Waals surface area (Å²) in [6.07, 6.45) is 0.981. The third kappa shape index (κ3) is 3.92. The Bertz CT molecular complexity index is 900. The van der Waals surface area contributed by atoms with Crippen molar-refractivity contribution >= 4 is 34.8 Å². The maximum Gasteiger partial charge on any atom is 0.229 e. The van der Waals surface area contributed by atoms with Crippen molar-refractivity contribution in [2.75, 3.05) is 31.0 Å². The van der Waals surface area contributed by atoms with Crippen LogP contribution in [0.15, 0.2) is 36.4 Å². The predicted molar refractivity (Wildman–Crippen MR) is 109 cm³/mol. The Balaban J connectivity index is 1.78. The molecule has 1 aliphatic rings. The molecule has 0 radical (unpaired) electrons. The molecule has 2 aromatic rings. The molecule has 148 valence electrons. The van der Waals surface area contributed by atoms with Crippen molar-refractivity contribution in [1.82, 2.24) is 0 Å². The van der Waals surface area contributed by atoms with Gasteiger partial charge in [0.2, 0.25) is 11.8 Å². The number of hydrogen-bond acceptors (Lipinski definition) is 4. The Morgan fingerprint density at radius 1 is 1.21 bits per heavy atom. The maximum atomic E-state index is 12.8. The summed E-state index contributed by atoms with van der Waals surface area (Å²) >= 11 is 6.17. The first-order valence-electron chi connectivity index (χ1n) is 9.09. The molecule has 2 amide bonds. The van der Waals surface area contributed by atoms with Crippen LogP contribution >= 0.6 is 11.6 Å². The van der Waals surface area contributed by atoms with Gasteiger partial charge < -0.3 is 19.7 Å². The molecule has 3 rings (SSSR count). The zero-order valence-electron chi connectivity index (χ0n) is 16.1. The van der Waals surface area contributed by atoms with E-state index in [4.69, 9.17) is 21.1 Å². The number of benzene rings is 2. The van der Waals surface area contributed by atoms with Crippen molar-refractivity contribution in [3.8, 4) is 11.5 Å². The quantitative estimate of drug-likeness (QED) is 0.795. The number of hydrogen-bond donors (Lipinski definition) is 1. The van der Waals surface area contributed by atoms with Gasteiger partial charge in [-0.05, 0) is 24.1 Å². The molecule has 28 heavy (non-hydrogen) atoms. The number of nitrogens with zero attached hydrogens (tertiary/aromatic N) is 1. The van der Waals surface area contributed by atoms with Crippen LogP contribution in [0.25, 0.3) is 0 Å². The minimum Gasteiger partial charge on any atom is -0.495 e. The largest absolute Gasteiger partial charge is 0.495 e. The van der Waals surface area contributed by atoms with Crippen LogP contribution in [0.5, 0.6) is 11.5 Å². The van der Waals surface area contributed by atoms with Crippen molar-refractivity contribution < 1.29 is 19.1 Å². The Morgan fingerprint density at radius 2 is 1.93 bits per heavy atom. The summed E-state index contributed by atoms with van der Waals surface area (Å²) in [7, 11) is 3.01. The Labute approximate surface area is 169 Å². The van der Waals surface area contributed by atoms with E-state index in [1.54, 1.807) is 17.0 Å². The highest BCUT2D eigenvalue weighted by Crippen LogP contribution is 2.36. The normalized spacial score (nSPS) is 16.2. The Kier molecular flexibility index (Phi) is 6.09. The zero-order valence-corrected chi connectivity index (χ0v) is 16.9. The van der Waals surface area contributed by atoms with Crippen LogP contribution in [-0.2, 0) is 16.0 Å². The smallest absolute Gasteiger partial charge is 0.229 e. The summed E-state index contributed by atoms with van der Waals surface area (Å²) in [5.41, 5.74) is 2.40. The van der Waals surface area contributed by atoms with Crippen LogP contribution in [0, 0.1) is 5.92 Å². The minimum absolute atomic E-state index is 0.0548. The molecule has 0 bridgehead atoms. The molecule has 1 heterocycles. The van der Waals surface area contributed by atoms with E-state index in [0.717, 1.165) is 17.7 Å². The van der Waals surface area contributed by atoms with Gasteiger partial charge in [-0.1, -0.05) is 36.7 Å². The van der Waals surface area contributed by atoms with Crippen molar-refractivity contribution in [3.63, 3.8) is 0 Å². The molecule has 7 heteroatoms. The SMILES string of the molecule is CCc1ccccc1N1CC(C(=O)Nc2cc(Cl)c(OC)cc2OC)CC1=O. The van der Waals surface area contributed by atoms with Gasteiger partial charge in [0.1, 0.15) is 11.5 Å². The van der Waals surface area contributed by atoms with Gasteiger partial charge in [0.15, 0.2) is 0 Å². The monoisotopic (exact) mass is 402 g/mol. The lowest BCUT2D eigenvalue weighted by Gasteiger charge is -2.20. The number of anilines is 2. The third-order valence-corrected chi connectivity index (χ3v) is 5.19. The Hall–Kier alpha value is -2.73. The molecule has 1 atom stereocenters. The van der Waals surface area contributed by atoms with E-state index in [2.05, 4.69) is 5.32 Å². The second-order valence-corrected chi connectivity index (χ2v) is 6.97. The van der Waals surface area contributed by atoms with Crippen LogP contribution in [-0.4, -0.2) is 32.6 Å². The molecule has 1 N–H and O–H groups in total. The molecule has 1 aliphatic heterocycles. The lowest BCUT2D eigenvalue weighted by Crippen LogP contribution is -2.28. The highest BCUT2D eigenvalue weighted by atomic mass is 35.5. The van der Waals surface area contributed by atoms with Crippen molar-refractivity contribution in [3.05, 3.63) is 47.0 Å². The third-order valence-electron chi connectivity index (χ3n) is 4.89. The highest BCUT2D eigenvalue weighted by molar-refractivity contribution is 6.32. The van der Waals surface area contributed by atoms with E-state index in [0.29, 0.717) is 28.8 Å². The number of carbonyl (C=O) groups excluding carboxylic acids is 2. The number of methoxy groups -OCH3 is 2. The van der Waals surface area contributed by atoms with Crippen LogP contribution in [0.3, 0.4) is 0 Å². The number of halogens is 1. The second kappa shape index (κ2) is 8.52. The number of para-hydroxylation sites is 1. The summed E-state index contributed by atoms with van der Waals surface area (Å²) in [5.74, 6) is 0.134. The first kappa shape index (κ1) is 20.0. The fourth-order valence-corrected chi connectivity index (χ4v) is 3.62. The molecule has 0 aliphatic carbocycles. The van der Waals surface area contributed by atoms with Crippen molar-refractivity contribution in [2.24, 2.45) is 5.92 Å². The van der Waals surface area contributed by atoms with Crippen LogP contribution < -0.4 is 19.7 Å². The average Bonchev–Trinajstić information content (AvgIpc) is 3.09. The topological polar surface area (TPSA) is 67.9 Å². The van der Waals surface area contributed by atoms with Gasteiger partial charge >= 0.3 is 0 Å². The zero-order chi connectivity index (χ0) is 20.3. The summed E-state index contributed by atoms with van der Waals surface area (Å²) in [6, 6.07) is 11.0. The summed E-state index contributed by atoms with van der Waals surface area (Å²) in [6.45, 7) is 2.39. The number of aryl methyl sites for hydroxylation is 1. The molecule has 0 spiro atoms. The van der Waals surface area contributed by atoms with E-state index >= 15 is 0 Å². The van der Waals surface area contributed by atoms with Gasteiger partial charge in [0.25, 0.3) is 0 Å². The van der Waals surface area contributed by atoms with Gasteiger partial charge in [-0.3, -0.25) is 9.59 Å². The number of carbonyl (C=O) groups is 2. The fraction of sp³-hybridized carbons (Fsp3) is 0.333. The summed E-state index contributed by atoms with van der Waals surface area (Å²) in [4.78, 5) is 27.1. The molecule has 1 unspecified atom stereocenters. The standard InChI is InChI=1S/C21H23ClN2O4/c1-4-13-7-5-6-8-17(13)24-12-14(9-20(24)25)21(26)23-16-10-15(22)18(27-2)11-19(16)28-3/h5-8,10-11,14H,4,9,12H2,1-3H3,(H,23,26). The number of nitrogens with one attached hydrogen (secondary N) is 1. The molecule has 2 aromatic carbocycles. The predicted octanol–water partition coefficient (Wildman–Crippen LogP) is 3.91. The molecular formula is C21H23ClN2O4. The van der Waals surface area contributed by atoms with Gasteiger partial charge in [-0.2, -0.15) is 0 Å². The highest BCUT2D eigenvalue weighted by Gasteiger charge is 2.36. The van der Waals surface area contributed by atoms with Crippen molar-refractivity contribution in [2.45, 2.75) is 19.8 Å². The van der Waals surface area contributed by atoms with E-state index in [-0.39, 0.29) is 18.2 Å². The van der Waals surface area contributed by atoms with Gasteiger partial charge in [0, 0.05) is 24.7 Å². The summed E-state index contributed by atoms with van der Waals surface area (Å²) in [5, 5.41) is 3.19. The number of amides is 2. The second-order valence-electron chi connectivity index (χ2n) is 6.56. The van der Waals surface area contributed by atoms with E-state index in [9.17, 15) is 9.59 Å². The van der Waals surface area contributed by atoms with Crippen LogP contribution in [0.1, 0.15) is 18.9 Å². The molecular weight excluding hydrogens is 380 g/mol. The average molecular weight is 403 g/mol. The molecule has 0 aromatic heterocycles. The van der Waals surface area contributed by atoms with E-state index in [1.165, 1.54) is 14.2 Å². The first-order valence-corrected chi connectivity index (χ1v) is 9.46. The van der Waals surface area contributed by atoms with Crippen LogP contribution in [0.2, 0.25) is 5.02 Å². The van der Waals surface area contributed by atoms with E-state index < -0.39 is 5.92 Å². The maximum absolute atomic E-state index is 12.8. The van der Waals surface area contributed by atoms with Gasteiger partial charge in [-0.15, -0.1) is 0 Å². The van der Waals surface area contributed by atoms with Gasteiger partial charge in [-0.25, -0.2) is 0 Å². The molecule has 0 saturated carbocycles. The van der Waals surface area contributed by atoms with E-state index in [1.807, 2.05) is 31.2 Å². The fourth-order valence-electron chi connectivity index (χ4n) is 3.38. The number of rotatable bonds is 6. The molecule has 6 nitrogen and oxygen atoms in total. The lowest BCUT2D eigenvalue weighted by molar-refractivity contribution is -0.122. The minimum atomic E-state index is -0.456. The lowest BCUT2D eigenvalue weighted by atomic mass is 10.1. The molecule has 1 fully saturated rings. The molecule has 1 saturated heterocycles. The van der Waals surface area contributed by atoms with Crippen LogP contribution in [0.4, 0.5) is 11.4 Å². The summed E-state index contributed by atoms with van der Waals surface area (Å²) < 4.78 is 10.5. The first-order chi connectivity index (χ1) is 13.5. The van der Waals surface area contributed by atoms with Gasteiger partial charge in [0.05, 0.1) is 30.8 Å². The Morgan fingerprint density at radius 3 is 2.61 bits per heavy atom.